The maximum Gasteiger partial charge on any atom is 0.139 e. The van der Waals surface area contributed by atoms with Gasteiger partial charge in [0.1, 0.15) is 11.5 Å². The minimum Gasteiger partial charge on any atom is -0.496 e. The molecule has 4 nitrogen and oxygen atoms in total. The smallest absolute Gasteiger partial charge is 0.139 e. The number of benzene rings is 2. The van der Waals surface area contributed by atoms with E-state index in [0.717, 1.165) is 37.7 Å². The molecule has 1 aliphatic rings. The molecule has 1 fully saturated rings. The Hall–Kier alpha value is -1.91. The van der Waals surface area contributed by atoms with Crippen LogP contribution in [0.5, 0.6) is 11.5 Å². The lowest BCUT2D eigenvalue weighted by Gasteiger charge is -2.39. The molecule has 5 heteroatoms. The summed E-state index contributed by atoms with van der Waals surface area (Å²) < 4.78 is 10.7. The Morgan fingerprint density at radius 2 is 1.62 bits per heavy atom. The SMILES string of the molecule is COc1ccc(C(C)N2CCN(c3ccc(Cl)c(OC)c3)CC2)cc1C. The molecule has 1 heterocycles. The normalized spacial score (nSPS) is 16.4. The Kier molecular flexibility index (Phi) is 5.94. The van der Waals surface area contributed by atoms with Crippen LogP contribution in [0.15, 0.2) is 36.4 Å². The molecule has 0 saturated carbocycles. The average molecular weight is 375 g/mol. The summed E-state index contributed by atoms with van der Waals surface area (Å²) in [6.45, 7) is 8.41. The summed E-state index contributed by atoms with van der Waals surface area (Å²) in [5, 5.41) is 0.651. The number of hydrogen-bond acceptors (Lipinski definition) is 4. The lowest BCUT2D eigenvalue weighted by atomic mass is 10.0. The molecular weight excluding hydrogens is 348 g/mol. The zero-order valence-electron chi connectivity index (χ0n) is 16.0. The largest absolute Gasteiger partial charge is 0.496 e. The van der Waals surface area contributed by atoms with Crippen molar-refractivity contribution in [1.29, 1.82) is 0 Å². The third-order valence-corrected chi connectivity index (χ3v) is 5.58. The molecule has 0 aromatic heterocycles. The average Bonchev–Trinajstić information content (AvgIpc) is 2.68. The highest BCUT2D eigenvalue weighted by Gasteiger charge is 2.23. The molecule has 1 saturated heterocycles. The van der Waals surface area contributed by atoms with Crippen molar-refractivity contribution in [2.75, 3.05) is 45.3 Å². The summed E-state index contributed by atoms with van der Waals surface area (Å²) in [7, 11) is 3.37. The second kappa shape index (κ2) is 8.19. The van der Waals surface area contributed by atoms with Crippen LogP contribution in [-0.2, 0) is 0 Å². The molecular formula is C21H27ClN2O2. The molecule has 2 aromatic carbocycles. The number of rotatable bonds is 5. The van der Waals surface area contributed by atoms with Gasteiger partial charge in [0.15, 0.2) is 0 Å². The Morgan fingerprint density at radius 1 is 0.923 bits per heavy atom. The Bertz CT molecular complexity index is 758. The van der Waals surface area contributed by atoms with Crippen LogP contribution < -0.4 is 14.4 Å². The number of methoxy groups -OCH3 is 2. The molecule has 26 heavy (non-hydrogen) atoms. The first-order valence-electron chi connectivity index (χ1n) is 9.00. The van der Waals surface area contributed by atoms with Gasteiger partial charge in [-0.15, -0.1) is 0 Å². The van der Waals surface area contributed by atoms with Gasteiger partial charge in [0, 0.05) is 44.0 Å². The van der Waals surface area contributed by atoms with Crippen LogP contribution in [-0.4, -0.2) is 45.3 Å². The zero-order chi connectivity index (χ0) is 18.7. The van der Waals surface area contributed by atoms with E-state index in [1.54, 1.807) is 14.2 Å². The van der Waals surface area contributed by atoms with E-state index in [9.17, 15) is 0 Å². The standard InChI is InChI=1S/C21H27ClN2O2/c1-15-13-17(5-8-20(15)25-3)16(2)23-9-11-24(12-10-23)18-6-7-19(22)21(14-18)26-4/h5-8,13-14,16H,9-12H2,1-4H3. The van der Waals surface area contributed by atoms with E-state index >= 15 is 0 Å². The second-order valence-electron chi connectivity index (χ2n) is 6.75. The zero-order valence-corrected chi connectivity index (χ0v) is 16.7. The van der Waals surface area contributed by atoms with Crippen LogP contribution in [0.3, 0.4) is 0 Å². The summed E-state index contributed by atoms with van der Waals surface area (Å²) in [5.41, 5.74) is 3.69. The number of hydrogen-bond donors (Lipinski definition) is 0. The lowest BCUT2D eigenvalue weighted by Crippen LogP contribution is -2.47. The highest BCUT2D eigenvalue weighted by Crippen LogP contribution is 2.31. The van der Waals surface area contributed by atoms with Crippen molar-refractivity contribution in [3.63, 3.8) is 0 Å². The topological polar surface area (TPSA) is 24.9 Å². The van der Waals surface area contributed by atoms with Gasteiger partial charge in [-0.25, -0.2) is 0 Å². The van der Waals surface area contributed by atoms with Gasteiger partial charge in [-0.2, -0.15) is 0 Å². The quantitative estimate of drug-likeness (QED) is 0.766. The molecule has 0 bridgehead atoms. The fourth-order valence-corrected chi connectivity index (χ4v) is 3.78. The minimum absolute atomic E-state index is 0.390. The number of ether oxygens (including phenoxy) is 2. The molecule has 3 rings (SSSR count). The summed E-state index contributed by atoms with van der Waals surface area (Å²) in [6.07, 6.45) is 0. The van der Waals surface area contributed by atoms with Gasteiger partial charge in [0.2, 0.25) is 0 Å². The van der Waals surface area contributed by atoms with Crippen LogP contribution in [0.4, 0.5) is 5.69 Å². The molecule has 1 atom stereocenters. The van der Waals surface area contributed by atoms with Crippen molar-refractivity contribution in [1.82, 2.24) is 4.90 Å². The van der Waals surface area contributed by atoms with Gasteiger partial charge in [-0.05, 0) is 43.2 Å². The molecule has 2 aromatic rings. The van der Waals surface area contributed by atoms with E-state index in [0.29, 0.717) is 11.1 Å². The highest BCUT2D eigenvalue weighted by atomic mass is 35.5. The predicted octanol–water partition coefficient (Wildman–Crippen LogP) is 4.55. The number of nitrogens with zero attached hydrogens (tertiary/aromatic N) is 2. The Morgan fingerprint density at radius 3 is 2.23 bits per heavy atom. The van der Waals surface area contributed by atoms with Gasteiger partial charge in [0.25, 0.3) is 0 Å². The third kappa shape index (κ3) is 3.92. The van der Waals surface area contributed by atoms with Gasteiger partial charge < -0.3 is 14.4 Å². The van der Waals surface area contributed by atoms with Crippen LogP contribution in [0, 0.1) is 6.92 Å². The van der Waals surface area contributed by atoms with Gasteiger partial charge in [0.05, 0.1) is 19.2 Å². The molecule has 0 spiro atoms. The number of aryl methyl sites for hydroxylation is 1. The number of anilines is 1. The fraction of sp³-hybridized carbons (Fsp3) is 0.429. The minimum atomic E-state index is 0.390. The van der Waals surface area contributed by atoms with E-state index in [4.69, 9.17) is 21.1 Å². The van der Waals surface area contributed by atoms with Crippen molar-refractivity contribution in [3.8, 4) is 11.5 Å². The van der Waals surface area contributed by atoms with E-state index in [2.05, 4.69) is 47.9 Å². The third-order valence-electron chi connectivity index (χ3n) is 5.26. The Labute approximate surface area is 161 Å². The van der Waals surface area contributed by atoms with Crippen molar-refractivity contribution in [3.05, 3.63) is 52.5 Å². The van der Waals surface area contributed by atoms with Crippen LogP contribution >= 0.6 is 11.6 Å². The van der Waals surface area contributed by atoms with E-state index in [1.807, 2.05) is 12.1 Å². The van der Waals surface area contributed by atoms with Gasteiger partial charge >= 0.3 is 0 Å². The molecule has 1 unspecified atom stereocenters. The summed E-state index contributed by atoms with van der Waals surface area (Å²) in [5.74, 6) is 1.68. The highest BCUT2D eigenvalue weighted by molar-refractivity contribution is 6.32. The molecule has 0 radical (unpaired) electrons. The second-order valence-corrected chi connectivity index (χ2v) is 7.15. The first-order valence-corrected chi connectivity index (χ1v) is 9.38. The van der Waals surface area contributed by atoms with E-state index in [-0.39, 0.29) is 0 Å². The first kappa shape index (κ1) is 18.9. The van der Waals surface area contributed by atoms with Crippen molar-refractivity contribution < 1.29 is 9.47 Å². The predicted molar refractivity (Wildman–Crippen MR) is 108 cm³/mol. The number of halogens is 1. The van der Waals surface area contributed by atoms with Crippen LogP contribution in [0.2, 0.25) is 5.02 Å². The molecule has 0 N–H and O–H groups in total. The van der Waals surface area contributed by atoms with Crippen LogP contribution in [0.25, 0.3) is 0 Å². The molecule has 1 aliphatic heterocycles. The number of piperazine rings is 1. The maximum absolute atomic E-state index is 6.14. The molecule has 0 aliphatic carbocycles. The van der Waals surface area contributed by atoms with E-state index < -0.39 is 0 Å². The maximum atomic E-state index is 6.14. The van der Waals surface area contributed by atoms with Crippen molar-refractivity contribution in [2.24, 2.45) is 0 Å². The summed E-state index contributed by atoms with van der Waals surface area (Å²) >= 11 is 6.14. The lowest BCUT2D eigenvalue weighted by molar-refractivity contribution is 0.198. The first-order chi connectivity index (χ1) is 12.5. The van der Waals surface area contributed by atoms with Gasteiger partial charge in [-0.3, -0.25) is 4.90 Å². The summed E-state index contributed by atoms with van der Waals surface area (Å²) in [6, 6.07) is 12.9. The van der Waals surface area contributed by atoms with Crippen molar-refractivity contribution >= 4 is 17.3 Å². The molecule has 0 amide bonds. The van der Waals surface area contributed by atoms with Crippen molar-refractivity contribution in [2.45, 2.75) is 19.9 Å². The Balaban J connectivity index is 1.65. The fourth-order valence-electron chi connectivity index (χ4n) is 3.58. The van der Waals surface area contributed by atoms with Gasteiger partial charge in [-0.1, -0.05) is 23.7 Å². The van der Waals surface area contributed by atoms with Crippen LogP contribution in [0.1, 0.15) is 24.1 Å². The van der Waals surface area contributed by atoms with E-state index in [1.165, 1.54) is 16.8 Å². The summed E-state index contributed by atoms with van der Waals surface area (Å²) in [4.78, 5) is 4.92. The monoisotopic (exact) mass is 374 g/mol. The molecule has 140 valence electrons.